The van der Waals surface area contributed by atoms with Crippen LogP contribution in [-0.2, 0) is 0 Å². The van der Waals surface area contributed by atoms with Crippen molar-refractivity contribution in [2.45, 2.75) is 18.9 Å². The number of amides is 1. The summed E-state index contributed by atoms with van der Waals surface area (Å²) in [5.41, 5.74) is 1.22. The van der Waals surface area contributed by atoms with Crippen LogP contribution in [-0.4, -0.2) is 30.0 Å². The zero-order valence-electron chi connectivity index (χ0n) is 11.8. The molecule has 0 saturated carbocycles. The molecule has 2 heterocycles. The minimum atomic E-state index is -0.120. The summed E-state index contributed by atoms with van der Waals surface area (Å²) in [7, 11) is 0. The second kappa shape index (κ2) is 8.53. The average molecular weight is 363 g/mol. The number of aromatic nitrogens is 1. The monoisotopic (exact) mass is 361 g/mol. The molecule has 7 heteroatoms. The molecule has 22 heavy (non-hydrogen) atoms. The van der Waals surface area contributed by atoms with E-state index in [1.54, 1.807) is 12.3 Å². The molecule has 1 aliphatic heterocycles. The second-order valence-corrected chi connectivity index (χ2v) is 5.47. The zero-order valence-corrected chi connectivity index (χ0v) is 14.2. The molecule has 1 aromatic carbocycles. The van der Waals surface area contributed by atoms with E-state index in [-0.39, 0.29) is 30.7 Å². The summed E-state index contributed by atoms with van der Waals surface area (Å²) < 4.78 is 0. The van der Waals surface area contributed by atoms with Crippen LogP contribution in [0.5, 0.6) is 0 Å². The third kappa shape index (κ3) is 4.23. The van der Waals surface area contributed by atoms with Crippen molar-refractivity contribution in [2.24, 2.45) is 0 Å². The predicted molar refractivity (Wildman–Crippen MR) is 94.6 cm³/mol. The van der Waals surface area contributed by atoms with Crippen molar-refractivity contribution in [1.82, 2.24) is 15.6 Å². The van der Waals surface area contributed by atoms with Crippen LogP contribution >= 0.6 is 36.4 Å². The van der Waals surface area contributed by atoms with Crippen molar-refractivity contribution in [2.75, 3.05) is 13.1 Å². The number of rotatable bonds is 3. The van der Waals surface area contributed by atoms with E-state index in [1.807, 2.05) is 18.2 Å². The number of hydrogen-bond acceptors (Lipinski definition) is 3. The predicted octanol–water partition coefficient (Wildman–Crippen LogP) is 3.21. The Bertz CT molecular complexity index is 645. The maximum absolute atomic E-state index is 12.3. The highest BCUT2D eigenvalue weighted by atomic mass is 35.5. The van der Waals surface area contributed by atoms with Crippen LogP contribution in [0.4, 0.5) is 0 Å². The molecule has 4 nitrogen and oxygen atoms in total. The van der Waals surface area contributed by atoms with Crippen LogP contribution in [0, 0.1) is 0 Å². The van der Waals surface area contributed by atoms with Crippen LogP contribution in [0.15, 0.2) is 30.5 Å². The van der Waals surface area contributed by atoms with E-state index in [4.69, 9.17) is 11.6 Å². The number of pyridine rings is 1. The van der Waals surface area contributed by atoms with Crippen LogP contribution in [0.1, 0.15) is 23.2 Å². The summed E-state index contributed by atoms with van der Waals surface area (Å²) in [6, 6.07) is 7.61. The summed E-state index contributed by atoms with van der Waals surface area (Å²) >= 11 is 6.08. The highest BCUT2D eigenvalue weighted by Crippen LogP contribution is 2.22. The SMILES string of the molecule is Cl.Cl.O=C(NCC1CCCN1)c1cc(Cl)cc2cccnc12. The van der Waals surface area contributed by atoms with Crippen LogP contribution < -0.4 is 10.6 Å². The summed E-state index contributed by atoms with van der Waals surface area (Å²) in [5, 5.41) is 7.75. The minimum Gasteiger partial charge on any atom is -0.350 e. The first kappa shape index (κ1) is 19.0. The second-order valence-electron chi connectivity index (χ2n) is 5.03. The molecule has 3 rings (SSSR count). The molecule has 1 fully saturated rings. The summed E-state index contributed by atoms with van der Waals surface area (Å²) in [5.74, 6) is -0.120. The number of benzene rings is 1. The molecule has 0 radical (unpaired) electrons. The summed E-state index contributed by atoms with van der Waals surface area (Å²) in [6.07, 6.45) is 3.96. The molecule has 1 amide bonds. The Balaban J connectivity index is 0.00000121. The van der Waals surface area contributed by atoms with Gasteiger partial charge in [-0.05, 0) is 37.6 Å². The normalized spacial score (nSPS) is 16.7. The third-order valence-electron chi connectivity index (χ3n) is 3.59. The van der Waals surface area contributed by atoms with Gasteiger partial charge < -0.3 is 10.6 Å². The molecule has 2 aromatic rings. The summed E-state index contributed by atoms with van der Waals surface area (Å²) in [4.78, 5) is 16.6. The molecule has 1 atom stereocenters. The van der Waals surface area contributed by atoms with Gasteiger partial charge in [0, 0.05) is 29.2 Å². The quantitative estimate of drug-likeness (QED) is 0.881. The van der Waals surface area contributed by atoms with Gasteiger partial charge in [-0.3, -0.25) is 9.78 Å². The Morgan fingerprint density at radius 2 is 2.23 bits per heavy atom. The topological polar surface area (TPSA) is 54.0 Å². The Hall–Kier alpha value is -1.07. The smallest absolute Gasteiger partial charge is 0.253 e. The van der Waals surface area contributed by atoms with E-state index in [0.717, 1.165) is 18.4 Å². The molecule has 1 aliphatic rings. The summed E-state index contributed by atoms with van der Waals surface area (Å²) in [6.45, 7) is 1.67. The zero-order chi connectivity index (χ0) is 13.9. The van der Waals surface area contributed by atoms with E-state index in [2.05, 4.69) is 15.6 Å². The maximum atomic E-state index is 12.3. The molecule has 1 aromatic heterocycles. The standard InChI is InChI=1S/C15H16ClN3O.2ClH/c16-11-7-10-3-1-6-18-14(10)13(8-11)15(20)19-9-12-4-2-5-17-12;;/h1,3,6-8,12,17H,2,4-5,9H2,(H,19,20);2*1H. The molecule has 0 aliphatic carbocycles. The maximum Gasteiger partial charge on any atom is 0.253 e. The number of nitrogens with zero attached hydrogens (tertiary/aromatic N) is 1. The fourth-order valence-corrected chi connectivity index (χ4v) is 2.80. The van der Waals surface area contributed by atoms with Gasteiger partial charge in [0.05, 0.1) is 11.1 Å². The molecule has 1 unspecified atom stereocenters. The van der Waals surface area contributed by atoms with Crippen LogP contribution in [0.25, 0.3) is 10.9 Å². The first-order valence-corrected chi connectivity index (χ1v) is 7.18. The van der Waals surface area contributed by atoms with Crippen molar-refractivity contribution in [1.29, 1.82) is 0 Å². The Morgan fingerprint density at radius 3 is 2.95 bits per heavy atom. The fourth-order valence-electron chi connectivity index (χ4n) is 2.57. The molecule has 0 bridgehead atoms. The van der Waals surface area contributed by atoms with Gasteiger partial charge in [0.1, 0.15) is 0 Å². The lowest BCUT2D eigenvalue weighted by atomic mass is 10.1. The number of nitrogens with one attached hydrogen (secondary N) is 2. The highest BCUT2D eigenvalue weighted by molar-refractivity contribution is 6.32. The van der Waals surface area contributed by atoms with Gasteiger partial charge in [-0.2, -0.15) is 0 Å². The number of hydrogen-bond donors (Lipinski definition) is 2. The van der Waals surface area contributed by atoms with Gasteiger partial charge in [-0.1, -0.05) is 17.7 Å². The van der Waals surface area contributed by atoms with Crippen LogP contribution in [0.3, 0.4) is 0 Å². The van der Waals surface area contributed by atoms with Crippen molar-refractivity contribution in [3.05, 3.63) is 41.0 Å². The Morgan fingerprint density at radius 1 is 1.41 bits per heavy atom. The van der Waals surface area contributed by atoms with Gasteiger partial charge in [0.25, 0.3) is 5.91 Å². The van der Waals surface area contributed by atoms with Gasteiger partial charge in [-0.15, -0.1) is 24.8 Å². The lowest BCUT2D eigenvalue weighted by Gasteiger charge is -2.12. The Kier molecular flexibility index (Phi) is 7.36. The number of carbonyl (C=O) groups excluding carboxylic acids is 1. The number of fused-ring (bicyclic) bond motifs is 1. The fraction of sp³-hybridized carbons (Fsp3) is 0.333. The van der Waals surface area contributed by atoms with Crippen molar-refractivity contribution >= 4 is 53.2 Å². The van der Waals surface area contributed by atoms with Gasteiger partial charge >= 0.3 is 0 Å². The van der Waals surface area contributed by atoms with Gasteiger partial charge in [0.2, 0.25) is 0 Å². The van der Waals surface area contributed by atoms with Crippen molar-refractivity contribution in [3.8, 4) is 0 Å². The first-order chi connectivity index (χ1) is 9.74. The molecular formula is C15H18Cl3N3O. The molecule has 0 spiro atoms. The van der Waals surface area contributed by atoms with E-state index in [0.29, 0.717) is 28.7 Å². The van der Waals surface area contributed by atoms with E-state index in [1.165, 1.54) is 6.42 Å². The van der Waals surface area contributed by atoms with Crippen molar-refractivity contribution < 1.29 is 4.79 Å². The molecular weight excluding hydrogens is 345 g/mol. The lowest BCUT2D eigenvalue weighted by Crippen LogP contribution is -2.37. The van der Waals surface area contributed by atoms with Gasteiger partial charge in [0.15, 0.2) is 0 Å². The Labute approximate surface area is 146 Å². The molecule has 1 saturated heterocycles. The van der Waals surface area contributed by atoms with Crippen LogP contribution in [0.2, 0.25) is 5.02 Å². The third-order valence-corrected chi connectivity index (χ3v) is 3.80. The number of halogens is 3. The lowest BCUT2D eigenvalue weighted by molar-refractivity contribution is 0.0952. The number of carbonyl (C=O) groups is 1. The molecule has 120 valence electrons. The highest BCUT2D eigenvalue weighted by Gasteiger charge is 2.17. The van der Waals surface area contributed by atoms with Crippen molar-refractivity contribution in [3.63, 3.8) is 0 Å². The minimum absolute atomic E-state index is 0. The van der Waals surface area contributed by atoms with E-state index >= 15 is 0 Å². The van der Waals surface area contributed by atoms with E-state index < -0.39 is 0 Å². The van der Waals surface area contributed by atoms with Gasteiger partial charge in [-0.25, -0.2) is 0 Å². The molecule has 2 N–H and O–H groups in total. The average Bonchev–Trinajstić information content (AvgIpc) is 2.97. The van der Waals surface area contributed by atoms with E-state index in [9.17, 15) is 4.79 Å². The largest absolute Gasteiger partial charge is 0.350 e. The first-order valence-electron chi connectivity index (χ1n) is 6.80.